The fourth-order valence-electron chi connectivity index (χ4n) is 10.2. The van der Waals surface area contributed by atoms with E-state index in [9.17, 15) is 0 Å². The number of hydrogen-bond acceptors (Lipinski definition) is 2. The van der Waals surface area contributed by atoms with Gasteiger partial charge in [-0.25, -0.2) is 9.13 Å². The van der Waals surface area contributed by atoms with E-state index in [1.165, 1.54) is 39.2 Å². The minimum atomic E-state index is -1.06. The molecular weight excluding hydrogens is 753 g/mol. The molecule has 6 heteroatoms. The van der Waals surface area contributed by atoms with Crippen LogP contribution in [-0.2, 0) is 17.7 Å². The number of thioether (sulfide) groups is 1. The van der Waals surface area contributed by atoms with Crippen molar-refractivity contribution < 1.29 is 13.9 Å². The van der Waals surface area contributed by atoms with E-state index in [1.807, 2.05) is 23.9 Å². The number of aromatic nitrogens is 2. The average Bonchev–Trinajstić information content (AvgIpc) is 4.09. The summed E-state index contributed by atoms with van der Waals surface area (Å²) in [4.78, 5) is 15.4. The van der Waals surface area contributed by atoms with Crippen molar-refractivity contribution in [2.45, 2.75) is 65.2 Å². The van der Waals surface area contributed by atoms with Gasteiger partial charge in [0.15, 0.2) is 0 Å². The van der Waals surface area contributed by atoms with Gasteiger partial charge in [0.2, 0.25) is 11.4 Å². The summed E-state index contributed by atoms with van der Waals surface area (Å²) in [5, 5.41) is 1.15. The number of fused-ring (bicyclic) bond motifs is 2. The van der Waals surface area contributed by atoms with Crippen LogP contribution in [0.15, 0.2) is 163 Å². The number of allylic oxidation sites excluding steroid dienone is 3. The standard InChI is InChI=1S/C54H48N4OS/c1-7-35-16-20-39(21-17-35)52(59)47-31-30-45-51(38-22-24-40(25-23-38)53(4,5)6)44-29-28-43-50(37-18-14-34(3)15-19-37)42-27-26-41-49(36-12-10-9-11-13-36)46-32-33-48(60-8-2)58(46)54(55(41)42,56(43)44)57(45)47/h9-33,50H,7-8H2,1-6H3/q+2/t50?,54-/m0/s1. The Bertz CT molecular complexity index is 2990. The predicted molar refractivity (Wildman–Crippen MR) is 245 cm³/mol. The number of hydrogen-bond donors (Lipinski definition) is 0. The van der Waals surface area contributed by atoms with E-state index >= 15 is 4.79 Å². The van der Waals surface area contributed by atoms with E-state index in [1.54, 1.807) is 0 Å². The molecule has 6 aromatic rings. The second kappa shape index (κ2) is 13.4. The molecule has 4 aromatic carbocycles. The molecule has 11 rings (SSSR count). The van der Waals surface area contributed by atoms with Crippen molar-refractivity contribution in [1.29, 1.82) is 0 Å². The Balaban J connectivity index is 1.31. The van der Waals surface area contributed by atoms with Crippen LogP contribution < -0.4 is 0 Å². The quantitative estimate of drug-likeness (QED) is 0.119. The molecule has 5 aliphatic rings. The summed E-state index contributed by atoms with van der Waals surface area (Å²) in [6, 6.07) is 46.6. The van der Waals surface area contributed by atoms with Gasteiger partial charge < -0.3 is 0 Å². The molecule has 1 spiro atoms. The van der Waals surface area contributed by atoms with Crippen LogP contribution in [0.4, 0.5) is 0 Å². The zero-order chi connectivity index (χ0) is 41.1. The molecule has 5 nitrogen and oxygen atoms in total. The van der Waals surface area contributed by atoms with Gasteiger partial charge in [-0.15, -0.1) is 0 Å². The van der Waals surface area contributed by atoms with Crippen molar-refractivity contribution in [2.24, 2.45) is 0 Å². The zero-order valence-corrected chi connectivity index (χ0v) is 35.8. The molecule has 2 aromatic heterocycles. The first-order chi connectivity index (χ1) is 29.1. The summed E-state index contributed by atoms with van der Waals surface area (Å²) in [6.07, 6.45) is 9.79. The van der Waals surface area contributed by atoms with Crippen LogP contribution in [0.25, 0.3) is 11.1 Å². The lowest BCUT2D eigenvalue weighted by atomic mass is 9.85. The smallest absolute Gasteiger partial charge is 0.282 e. The largest absolute Gasteiger partial charge is 0.554 e. The van der Waals surface area contributed by atoms with E-state index in [0.29, 0.717) is 11.3 Å². The number of carbonyl (C=O) groups is 1. The Morgan fingerprint density at radius 2 is 1.27 bits per heavy atom. The number of carbonyl (C=O) groups excluding carboxylic acids is 1. The van der Waals surface area contributed by atoms with Crippen molar-refractivity contribution in [3.05, 3.63) is 225 Å². The number of nitrogens with zero attached hydrogens (tertiary/aromatic N) is 4. The topological polar surface area (TPSA) is 32.9 Å². The zero-order valence-electron chi connectivity index (χ0n) is 35.0. The van der Waals surface area contributed by atoms with E-state index < -0.39 is 5.91 Å². The van der Waals surface area contributed by atoms with Gasteiger partial charge in [0.1, 0.15) is 0 Å². The average molecular weight is 801 g/mol. The van der Waals surface area contributed by atoms with E-state index in [0.717, 1.165) is 56.7 Å². The van der Waals surface area contributed by atoms with Gasteiger partial charge in [-0.3, -0.25) is 4.79 Å². The van der Waals surface area contributed by atoms with Crippen molar-refractivity contribution in [1.82, 2.24) is 9.13 Å². The fraction of sp³-hybridized carbons (Fsp3) is 0.204. The first-order valence-electron chi connectivity index (χ1n) is 21.3. The first kappa shape index (κ1) is 36.8. The monoisotopic (exact) mass is 800 g/mol. The van der Waals surface area contributed by atoms with E-state index in [-0.39, 0.29) is 17.1 Å². The highest BCUT2D eigenvalue weighted by Crippen LogP contribution is 2.56. The second-order valence-corrected chi connectivity index (χ2v) is 18.8. The highest BCUT2D eigenvalue weighted by molar-refractivity contribution is 8.14. The highest BCUT2D eigenvalue weighted by Gasteiger charge is 2.73. The summed E-state index contributed by atoms with van der Waals surface area (Å²) >= 11 is 1.85. The first-order valence-corrected chi connectivity index (χ1v) is 22.3. The fourth-order valence-corrected chi connectivity index (χ4v) is 11.0. The molecule has 0 fully saturated rings. The van der Waals surface area contributed by atoms with Crippen LogP contribution in [0, 0.1) is 6.92 Å². The maximum absolute atomic E-state index is 15.4. The Morgan fingerprint density at radius 1 is 0.667 bits per heavy atom. The van der Waals surface area contributed by atoms with Gasteiger partial charge >= 0.3 is 5.91 Å². The summed E-state index contributed by atoms with van der Waals surface area (Å²) in [6.45, 7) is 13.3. The third kappa shape index (κ3) is 5.03. The van der Waals surface area contributed by atoms with Crippen LogP contribution in [-0.4, -0.2) is 40.6 Å². The summed E-state index contributed by atoms with van der Waals surface area (Å²) in [5.74, 6) is -0.223. The molecule has 0 radical (unpaired) electrons. The molecule has 0 aliphatic carbocycles. The maximum atomic E-state index is 15.4. The highest BCUT2D eigenvalue weighted by atomic mass is 32.2. The number of rotatable bonds is 7. The van der Waals surface area contributed by atoms with Crippen molar-refractivity contribution >= 4 is 39.4 Å². The number of Topliss-reactive ketones (excluding diaryl/α,β-unsaturated/α-hetero) is 1. The lowest BCUT2D eigenvalue weighted by molar-refractivity contribution is -0.832. The van der Waals surface area contributed by atoms with Crippen molar-refractivity contribution in [2.75, 3.05) is 5.75 Å². The van der Waals surface area contributed by atoms with Gasteiger partial charge in [0.25, 0.3) is 16.5 Å². The van der Waals surface area contributed by atoms with Crippen LogP contribution in [0.1, 0.15) is 107 Å². The molecule has 294 valence electrons. The normalized spacial score (nSPS) is 19.6. The van der Waals surface area contributed by atoms with Gasteiger partial charge in [-0.05, 0) is 70.8 Å². The third-order valence-corrected chi connectivity index (χ3v) is 13.9. The lowest BCUT2D eigenvalue weighted by Gasteiger charge is -2.43. The number of ketones is 1. The number of benzene rings is 4. The van der Waals surface area contributed by atoms with Crippen LogP contribution in [0.5, 0.6) is 0 Å². The van der Waals surface area contributed by atoms with Gasteiger partial charge in [-0.2, -0.15) is 0 Å². The van der Waals surface area contributed by atoms with Gasteiger partial charge in [0.05, 0.1) is 28.5 Å². The van der Waals surface area contributed by atoms with Crippen molar-refractivity contribution in [3.63, 3.8) is 0 Å². The Morgan fingerprint density at radius 3 is 1.87 bits per heavy atom. The number of aryl methyl sites for hydroxylation is 2. The molecule has 60 heavy (non-hydrogen) atoms. The molecule has 0 N–H and O–H groups in total. The minimum absolute atomic E-state index is 0.00464. The molecule has 0 bridgehead atoms. The van der Waals surface area contributed by atoms with Crippen molar-refractivity contribution in [3.8, 4) is 0 Å². The molecule has 5 aliphatic heterocycles. The van der Waals surface area contributed by atoms with Crippen LogP contribution in [0.2, 0.25) is 0 Å². The molecule has 0 saturated carbocycles. The Labute approximate surface area is 356 Å². The third-order valence-electron chi connectivity index (χ3n) is 13.0. The van der Waals surface area contributed by atoms with Crippen LogP contribution >= 0.6 is 11.8 Å². The predicted octanol–water partition coefficient (Wildman–Crippen LogP) is 11.3. The van der Waals surface area contributed by atoms with Gasteiger partial charge in [-0.1, -0.05) is 164 Å². The lowest BCUT2D eigenvalue weighted by Crippen LogP contribution is -2.66. The van der Waals surface area contributed by atoms with Crippen LogP contribution in [0.3, 0.4) is 0 Å². The molecular formula is C54H48N4OS+2. The van der Waals surface area contributed by atoms with E-state index in [4.69, 9.17) is 0 Å². The summed E-state index contributed by atoms with van der Waals surface area (Å²) in [5.41, 5.74) is 17.7. The van der Waals surface area contributed by atoms with Gasteiger partial charge in [0, 0.05) is 47.0 Å². The maximum Gasteiger partial charge on any atom is 0.554 e. The Kier molecular flexibility index (Phi) is 8.21. The summed E-state index contributed by atoms with van der Waals surface area (Å²) in [7, 11) is 0. The second-order valence-electron chi connectivity index (χ2n) is 17.5. The summed E-state index contributed by atoms with van der Waals surface area (Å²) < 4.78 is 10.1. The SMILES string of the molecule is CCSC1=[N+]2C(=C(c3ccccc3)c3ccc4n3[C@@]23n2c(ccc2C4c2ccc(C)cc2)C(c2ccc(C(C)(C)C)cc2)=C2C=CC(C(=O)c4ccc(CC)cc4)=[N+]23)C=C1. The molecule has 0 saturated heterocycles. The molecule has 7 heterocycles. The minimum Gasteiger partial charge on any atom is -0.282 e. The molecule has 2 atom stereocenters. The Hall–Kier alpha value is -6.24. The van der Waals surface area contributed by atoms with E-state index in [2.05, 4.69) is 199 Å². The molecule has 1 unspecified atom stereocenters. The molecule has 0 amide bonds.